The summed E-state index contributed by atoms with van der Waals surface area (Å²) in [6.45, 7) is 9.19. The van der Waals surface area contributed by atoms with Gasteiger partial charge in [0.25, 0.3) is 0 Å². The van der Waals surface area contributed by atoms with Crippen LogP contribution >= 0.6 is 0 Å². The van der Waals surface area contributed by atoms with Gasteiger partial charge in [-0.25, -0.2) is 0 Å². The fraction of sp³-hybridized carbons (Fsp3) is 1.00. The number of hydrogen-bond acceptors (Lipinski definition) is 3. The summed E-state index contributed by atoms with van der Waals surface area (Å²) in [7, 11) is 1.78. The lowest BCUT2D eigenvalue weighted by Crippen LogP contribution is -2.47. The predicted octanol–water partition coefficient (Wildman–Crippen LogP) is 1.36. The number of nitrogens with zero attached hydrogens (tertiary/aromatic N) is 1. The van der Waals surface area contributed by atoms with Crippen LogP contribution in [0, 0.1) is 11.8 Å². The molecule has 1 N–H and O–H groups in total. The Morgan fingerprint density at radius 2 is 2.13 bits per heavy atom. The van der Waals surface area contributed by atoms with E-state index in [0.29, 0.717) is 17.9 Å². The molecule has 1 rings (SSSR count). The largest absolute Gasteiger partial charge is 0.392 e. The van der Waals surface area contributed by atoms with Crippen LogP contribution in [0.15, 0.2) is 0 Å². The molecule has 15 heavy (non-hydrogen) atoms. The van der Waals surface area contributed by atoms with Crippen molar-refractivity contribution in [2.45, 2.75) is 39.4 Å². The zero-order valence-electron chi connectivity index (χ0n) is 10.4. The third kappa shape index (κ3) is 3.74. The van der Waals surface area contributed by atoms with Crippen molar-refractivity contribution in [3.63, 3.8) is 0 Å². The van der Waals surface area contributed by atoms with Gasteiger partial charge in [0, 0.05) is 20.2 Å². The third-order valence-electron chi connectivity index (χ3n) is 3.49. The second-order valence-electron chi connectivity index (χ2n) is 5.11. The van der Waals surface area contributed by atoms with Gasteiger partial charge in [-0.3, -0.25) is 4.90 Å². The number of methoxy groups -OCH3 is 1. The van der Waals surface area contributed by atoms with Crippen LogP contribution in [0.4, 0.5) is 0 Å². The van der Waals surface area contributed by atoms with Crippen molar-refractivity contribution in [3.8, 4) is 0 Å². The molecule has 0 radical (unpaired) electrons. The minimum Gasteiger partial charge on any atom is -0.392 e. The van der Waals surface area contributed by atoms with Gasteiger partial charge < -0.3 is 9.84 Å². The van der Waals surface area contributed by atoms with Crippen molar-refractivity contribution in [2.24, 2.45) is 11.8 Å². The molecule has 0 aliphatic carbocycles. The van der Waals surface area contributed by atoms with E-state index >= 15 is 0 Å². The van der Waals surface area contributed by atoms with Crippen molar-refractivity contribution in [2.75, 3.05) is 26.7 Å². The van der Waals surface area contributed by atoms with Gasteiger partial charge in [0.1, 0.15) is 0 Å². The number of aliphatic hydroxyl groups excluding tert-OH is 1. The molecule has 1 saturated heterocycles. The minimum atomic E-state index is -0.212. The van der Waals surface area contributed by atoms with Crippen LogP contribution in [0.1, 0.15) is 27.2 Å². The van der Waals surface area contributed by atoms with E-state index < -0.39 is 0 Å². The van der Waals surface area contributed by atoms with E-state index in [-0.39, 0.29) is 6.10 Å². The molecule has 0 bridgehead atoms. The van der Waals surface area contributed by atoms with Gasteiger partial charge in [-0.2, -0.15) is 0 Å². The highest BCUT2D eigenvalue weighted by atomic mass is 16.5. The molecule has 1 heterocycles. The number of likely N-dealkylation sites (tertiary alicyclic amines) is 1. The van der Waals surface area contributed by atoms with Crippen LogP contribution < -0.4 is 0 Å². The summed E-state index contributed by atoms with van der Waals surface area (Å²) < 4.78 is 5.45. The van der Waals surface area contributed by atoms with Gasteiger partial charge in [-0.1, -0.05) is 20.8 Å². The van der Waals surface area contributed by atoms with Crippen LogP contribution in [0.3, 0.4) is 0 Å². The molecule has 3 atom stereocenters. The Balaban J connectivity index is 2.38. The highest BCUT2D eigenvalue weighted by Crippen LogP contribution is 2.20. The third-order valence-corrected chi connectivity index (χ3v) is 3.49. The van der Waals surface area contributed by atoms with E-state index in [1.54, 1.807) is 7.11 Å². The number of aliphatic hydroxyl groups is 1. The average molecular weight is 215 g/mol. The zero-order valence-corrected chi connectivity index (χ0v) is 10.4. The van der Waals surface area contributed by atoms with Crippen LogP contribution in [0.25, 0.3) is 0 Å². The van der Waals surface area contributed by atoms with Crippen molar-refractivity contribution in [3.05, 3.63) is 0 Å². The fourth-order valence-corrected chi connectivity index (χ4v) is 2.05. The molecule has 0 aromatic rings. The first kappa shape index (κ1) is 12.9. The van der Waals surface area contributed by atoms with Gasteiger partial charge in [0.05, 0.1) is 12.2 Å². The normalized spacial score (nSPS) is 30.8. The highest BCUT2D eigenvalue weighted by Gasteiger charge is 2.27. The number of β-amino-alcohol motifs (C(OH)–C–C–N with tert-alkyl or cyclic N) is 1. The molecular weight excluding hydrogens is 190 g/mol. The van der Waals surface area contributed by atoms with Gasteiger partial charge in [-0.05, 0) is 24.8 Å². The summed E-state index contributed by atoms with van der Waals surface area (Å²) in [5.41, 5.74) is 0. The number of hydrogen-bond donors (Lipinski definition) is 1. The molecule has 3 nitrogen and oxygen atoms in total. The topological polar surface area (TPSA) is 32.7 Å². The second-order valence-corrected chi connectivity index (χ2v) is 5.11. The van der Waals surface area contributed by atoms with Gasteiger partial charge >= 0.3 is 0 Å². The highest BCUT2D eigenvalue weighted by molar-refractivity contribution is 4.80. The van der Waals surface area contributed by atoms with E-state index in [1.807, 2.05) is 0 Å². The summed E-state index contributed by atoms with van der Waals surface area (Å²) in [6.07, 6.45) is 1.29. The average Bonchev–Trinajstić information content (AvgIpc) is 2.20. The van der Waals surface area contributed by atoms with E-state index in [1.165, 1.54) is 6.42 Å². The van der Waals surface area contributed by atoms with Crippen molar-refractivity contribution < 1.29 is 9.84 Å². The predicted molar refractivity (Wildman–Crippen MR) is 61.9 cm³/mol. The Morgan fingerprint density at radius 1 is 1.47 bits per heavy atom. The lowest BCUT2D eigenvalue weighted by atomic mass is 9.95. The quantitative estimate of drug-likeness (QED) is 0.768. The Hall–Kier alpha value is -0.120. The van der Waals surface area contributed by atoms with Crippen LogP contribution in [0.5, 0.6) is 0 Å². The molecule has 1 fully saturated rings. The molecular formula is C12H25NO2. The summed E-state index contributed by atoms with van der Waals surface area (Å²) in [5, 5.41) is 9.82. The summed E-state index contributed by atoms with van der Waals surface area (Å²) >= 11 is 0. The van der Waals surface area contributed by atoms with E-state index in [4.69, 9.17) is 4.74 Å². The summed E-state index contributed by atoms with van der Waals surface area (Å²) in [6, 6.07) is 0. The lowest BCUT2D eigenvalue weighted by molar-refractivity contribution is -0.0230. The standard InChI is InChI=1S/C12H25NO2/c1-9(2)11(14)7-13-6-5-10(3)12(8-13)15-4/h9-12,14H,5-8H2,1-4H3. The lowest BCUT2D eigenvalue weighted by Gasteiger charge is -2.37. The molecule has 3 unspecified atom stereocenters. The first-order chi connectivity index (χ1) is 7.04. The van der Waals surface area contributed by atoms with Crippen LogP contribution in [-0.2, 0) is 4.74 Å². The van der Waals surface area contributed by atoms with E-state index in [0.717, 1.165) is 19.6 Å². The SMILES string of the molecule is COC1CN(CC(O)C(C)C)CCC1C. The molecule has 1 aliphatic heterocycles. The van der Waals surface area contributed by atoms with E-state index in [2.05, 4.69) is 25.7 Å². The van der Waals surface area contributed by atoms with Crippen molar-refractivity contribution in [1.82, 2.24) is 4.90 Å². The van der Waals surface area contributed by atoms with Gasteiger partial charge in [-0.15, -0.1) is 0 Å². The zero-order chi connectivity index (χ0) is 11.4. The van der Waals surface area contributed by atoms with Crippen LogP contribution in [0.2, 0.25) is 0 Å². The maximum Gasteiger partial charge on any atom is 0.0724 e. The van der Waals surface area contributed by atoms with E-state index in [9.17, 15) is 5.11 Å². The Labute approximate surface area is 93.4 Å². The maximum absolute atomic E-state index is 9.82. The second kappa shape index (κ2) is 5.83. The summed E-state index contributed by atoms with van der Waals surface area (Å²) in [4.78, 5) is 2.32. The number of rotatable bonds is 4. The van der Waals surface area contributed by atoms with Crippen LogP contribution in [-0.4, -0.2) is 49.0 Å². The number of ether oxygens (including phenoxy) is 1. The molecule has 0 aromatic carbocycles. The molecule has 0 aromatic heterocycles. The molecule has 1 aliphatic rings. The van der Waals surface area contributed by atoms with Crippen molar-refractivity contribution >= 4 is 0 Å². The smallest absolute Gasteiger partial charge is 0.0724 e. The monoisotopic (exact) mass is 215 g/mol. The fourth-order valence-electron chi connectivity index (χ4n) is 2.05. The molecule has 0 amide bonds. The maximum atomic E-state index is 9.82. The first-order valence-electron chi connectivity index (χ1n) is 5.97. The molecule has 3 heteroatoms. The molecule has 90 valence electrons. The number of piperidine rings is 1. The first-order valence-corrected chi connectivity index (χ1v) is 5.97. The molecule has 0 saturated carbocycles. The minimum absolute atomic E-state index is 0.212. The summed E-state index contributed by atoms with van der Waals surface area (Å²) in [5.74, 6) is 0.979. The van der Waals surface area contributed by atoms with Gasteiger partial charge in [0.2, 0.25) is 0 Å². The van der Waals surface area contributed by atoms with Gasteiger partial charge in [0.15, 0.2) is 0 Å². The van der Waals surface area contributed by atoms with Crippen molar-refractivity contribution in [1.29, 1.82) is 0 Å². The Morgan fingerprint density at radius 3 is 2.67 bits per heavy atom. The Kier molecular flexibility index (Phi) is 5.03. The molecule has 0 spiro atoms. The Bertz CT molecular complexity index is 182.